The maximum atomic E-state index is 12.7. The molecule has 0 saturated carbocycles. The molecule has 6 nitrogen and oxygen atoms in total. The highest BCUT2D eigenvalue weighted by Gasteiger charge is 2.49. The summed E-state index contributed by atoms with van der Waals surface area (Å²) in [5.41, 5.74) is 0.704. The summed E-state index contributed by atoms with van der Waals surface area (Å²) in [6.07, 6.45) is 0.576. The summed E-state index contributed by atoms with van der Waals surface area (Å²) in [5.74, 6) is -0.303. The fourth-order valence-corrected chi connectivity index (χ4v) is 3.49. The second-order valence-electron chi connectivity index (χ2n) is 6.21. The first-order valence-corrected chi connectivity index (χ1v) is 7.70. The van der Waals surface area contributed by atoms with Crippen LogP contribution in [0.5, 0.6) is 5.75 Å². The number of urea groups is 1. The highest BCUT2D eigenvalue weighted by atomic mass is 16.5. The highest BCUT2D eigenvalue weighted by Crippen LogP contribution is 2.45. The molecule has 2 aliphatic rings. The number of rotatable bonds is 2. The standard InChI is InChI=1S/C18H16N2O4/c1-18-10-14(13-7-2-3-8-15(13)24-18)19-17(23)20(18)12-6-4-5-11(9-12)16(21)22/h2-9,14H,10H2,1H3,(H,19,23)(H,21,22)/t14-,18+/m0/s1. The Morgan fingerprint density at radius 1 is 1.29 bits per heavy atom. The average Bonchev–Trinajstić information content (AvgIpc) is 2.54. The molecule has 2 aromatic rings. The number of carbonyl (C=O) groups is 2. The van der Waals surface area contributed by atoms with Crippen LogP contribution in [0.3, 0.4) is 0 Å². The lowest BCUT2D eigenvalue weighted by atomic mass is 9.90. The van der Waals surface area contributed by atoms with Gasteiger partial charge in [0.1, 0.15) is 5.75 Å². The molecule has 6 heteroatoms. The SMILES string of the molecule is C[C@@]12C[C@H](NC(=O)N1c1cccc(C(=O)O)c1)c1ccccc1O2. The van der Waals surface area contributed by atoms with Crippen LogP contribution < -0.4 is 15.0 Å². The van der Waals surface area contributed by atoms with Gasteiger partial charge in [0.15, 0.2) is 5.72 Å². The minimum absolute atomic E-state index is 0.119. The lowest BCUT2D eigenvalue weighted by Crippen LogP contribution is -2.65. The van der Waals surface area contributed by atoms with Crippen molar-refractivity contribution >= 4 is 17.7 Å². The molecular formula is C18H16N2O4. The normalized spacial score (nSPS) is 24.6. The van der Waals surface area contributed by atoms with Crippen molar-refractivity contribution in [2.24, 2.45) is 0 Å². The third-order valence-electron chi connectivity index (χ3n) is 4.53. The Morgan fingerprint density at radius 2 is 2.08 bits per heavy atom. The Balaban J connectivity index is 1.79. The van der Waals surface area contributed by atoms with Crippen LogP contribution in [-0.4, -0.2) is 22.8 Å². The molecule has 2 aliphatic heterocycles. The molecule has 24 heavy (non-hydrogen) atoms. The number of carboxylic acids is 1. The van der Waals surface area contributed by atoms with Crippen LogP contribution in [0, 0.1) is 0 Å². The number of anilines is 1. The lowest BCUT2D eigenvalue weighted by Gasteiger charge is -2.50. The van der Waals surface area contributed by atoms with E-state index in [2.05, 4.69) is 5.32 Å². The molecule has 0 radical (unpaired) electrons. The van der Waals surface area contributed by atoms with E-state index in [1.807, 2.05) is 31.2 Å². The van der Waals surface area contributed by atoms with Crippen LogP contribution >= 0.6 is 0 Å². The van der Waals surface area contributed by atoms with E-state index < -0.39 is 11.7 Å². The van der Waals surface area contributed by atoms with Crippen LogP contribution in [0.4, 0.5) is 10.5 Å². The van der Waals surface area contributed by atoms with Crippen molar-refractivity contribution in [3.05, 3.63) is 59.7 Å². The van der Waals surface area contributed by atoms with Gasteiger partial charge in [0.25, 0.3) is 0 Å². The van der Waals surface area contributed by atoms with Gasteiger partial charge in [-0.3, -0.25) is 4.90 Å². The van der Waals surface area contributed by atoms with E-state index in [1.54, 1.807) is 12.1 Å². The van der Waals surface area contributed by atoms with E-state index in [0.29, 0.717) is 12.1 Å². The second kappa shape index (κ2) is 4.99. The quantitative estimate of drug-likeness (QED) is 0.889. The summed E-state index contributed by atoms with van der Waals surface area (Å²) in [6.45, 7) is 1.85. The number of aromatic carboxylic acids is 1. The van der Waals surface area contributed by atoms with Crippen LogP contribution in [-0.2, 0) is 0 Å². The van der Waals surface area contributed by atoms with Crippen LogP contribution in [0.1, 0.15) is 35.3 Å². The minimum Gasteiger partial charge on any atom is -0.478 e. The Bertz CT molecular complexity index is 850. The van der Waals surface area contributed by atoms with Gasteiger partial charge in [-0.1, -0.05) is 24.3 Å². The second-order valence-corrected chi connectivity index (χ2v) is 6.21. The zero-order chi connectivity index (χ0) is 16.9. The van der Waals surface area contributed by atoms with Crippen LogP contribution in [0.2, 0.25) is 0 Å². The van der Waals surface area contributed by atoms with E-state index >= 15 is 0 Å². The van der Waals surface area contributed by atoms with Gasteiger partial charge < -0.3 is 15.2 Å². The molecule has 2 heterocycles. The van der Waals surface area contributed by atoms with Crippen molar-refractivity contribution < 1.29 is 19.4 Å². The van der Waals surface area contributed by atoms with Crippen molar-refractivity contribution in [1.82, 2.24) is 5.32 Å². The molecule has 1 fully saturated rings. The maximum Gasteiger partial charge on any atom is 0.335 e. The van der Waals surface area contributed by atoms with Crippen LogP contribution in [0.15, 0.2) is 48.5 Å². The fourth-order valence-electron chi connectivity index (χ4n) is 3.49. The number of carbonyl (C=O) groups excluding carboxylic acids is 1. The van der Waals surface area contributed by atoms with Crippen molar-refractivity contribution in [1.29, 1.82) is 0 Å². The highest BCUT2D eigenvalue weighted by molar-refractivity contribution is 5.97. The topological polar surface area (TPSA) is 78.9 Å². The Kier molecular flexibility index (Phi) is 3.03. The number of ether oxygens (including phenoxy) is 1. The first-order chi connectivity index (χ1) is 11.5. The molecule has 2 N–H and O–H groups in total. The number of carboxylic acid groups (broad SMARTS) is 1. The fraction of sp³-hybridized carbons (Fsp3) is 0.222. The first kappa shape index (κ1) is 14.6. The molecular weight excluding hydrogens is 308 g/mol. The average molecular weight is 324 g/mol. The molecule has 0 unspecified atom stereocenters. The number of benzene rings is 2. The van der Waals surface area contributed by atoms with E-state index in [9.17, 15) is 14.7 Å². The number of amides is 2. The van der Waals surface area contributed by atoms with Gasteiger partial charge in [0, 0.05) is 12.0 Å². The molecule has 0 aromatic heterocycles. The summed E-state index contributed by atoms with van der Waals surface area (Å²) in [5, 5.41) is 12.2. The van der Waals surface area contributed by atoms with Gasteiger partial charge in [-0.25, -0.2) is 9.59 Å². The number of hydrogen-bond acceptors (Lipinski definition) is 3. The number of nitrogens with one attached hydrogen (secondary N) is 1. The van der Waals surface area contributed by atoms with E-state index in [1.165, 1.54) is 17.0 Å². The van der Waals surface area contributed by atoms with Gasteiger partial charge in [0.2, 0.25) is 0 Å². The van der Waals surface area contributed by atoms with Crippen molar-refractivity contribution in [3.63, 3.8) is 0 Å². The molecule has 2 bridgehead atoms. The van der Waals surface area contributed by atoms with E-state index in [-0.39, 0.29) is 17.6 Å². The number of nitrogens with zero attached hydrogens (tertiary/aromatic N) is 1. The summed E-state index contributed by atoms with van der Waals surface area (Å²) in [6, 6.07) is 13.5. The van der Waals surface area contributed by atoms with Gasteiger partial charge in [0.05, 0.1) is 17.3 Å². The molecule has 1 saturated heterocycles. The van der Waals surface area contributed by atoms with Gasteiger partial charge in [-0.2, -0.15) is 0 Å². The summed E-state index contributed by atoms with van der Waals surface area (Å²) in [4.78, 5) is 25.4. The number of fused-ring (bicyclic) bond motifs is 4. The third-order valence-corrected chi connectivity index (χ3v) is 4.53. The Hall–Kier alpha value is -3.02. The molecule has 4 rings (SSSR count). The lowest BCUT2D eigenvalue weighted by molar-refractivity contribution is 0.0378. The summed E-state index contributed by atoms with van der Waals surface area (Å²) in [7, 11) is 0. The molecule has 2 atom stereocenters. The van der Waals surface area contributed by atoms with E-state index in [4.69, 9.17) is 4.74 Å². The van der Waals surface area contributed by atoms with Crippen LogP contribution in [0.25, 0.3) is 0 Å². The Morgan fingerprint density at radius 3 is 2.88 bits per heavy atom. The number of hydrogen-bond donors (Lipinski definition) is 2. The van der Waals surface area contributed by atoms with Gasteiger partial charge >= 0.3 is 12.0 Å². The predicted molar refractivity (Wildman–Crippen MR) is 87.2 cm³/mol. The molecule has 2 amide bonds. The Labute approximate surface area is 138 Å². The molecule has 2 aromatic carbocycles. The van der Waals surface area contributed by atoms with Gasteiger partial charge in [-0.05, 0) is 31.2 Å². The van der Waals surface area contributed by atoms with Gasteiger partial charge in [-0.15, -0.1) is 0 Å². The molecule has 122 valence electrons. The molecule has 0 spiro atoms. The van der Waals surface area contributed by atoms with Crippen molar-refractivity contribution in [2.45, 2.75) is 25.1 Å². The maximum absolute atomic E-state index is 12.7. The zero-order valence-electron chi connectivity index (χ0n) is 13.0. The van der Waals surface area contributed by atoms with E-state index in [0.717, 1.165) is 11.3 Å². The minimum atomic E-state index is -1.03. The predicted octanol–water partition coefficient (Wildman–Crippen LogP) is 3.15. The number of para-hydroxylation sites is 1. The zero-order valence-corrected chi connectivity index (χ0v) is 13.0. The van der Waals surface area contributed by atoms with Crippen molar-refractivity contribution in [3.8, 4) is 5.75 Å². The summed E-state index contributed by atoms with van der Waals surface area (Å²) >= 11 is 0. The van der Waals surface area contributed by atoms with Crippen molar-refractivity contribution in [2.75, 3.05) is 4.90 Å². The smallest absolute Gasteiger partial charge is 0.335 e. The third kappa shape index (κ3) is 2.11. The monoisotopic (exact) mass is 324 g/mol. The largest absolute Gasteiger partial charge is 0.478 e. The first-order valence-electron chi connectivity index (χ1n) is 7.70. The summed E-state index contributed by atoms with van der Waals surface area (Å²) < 4.78 is 6.15. The molecule has 0 aliphatic carbocycles.